The van der Waals surface area contributed by atoms with Gasteiger partial charge in [-0.15, -0.1) is 0 Å². The third-order valence-electron chi connectivity index (χ3n) is 4.35. The van der Waals surface area contributed by atoms with Gasteiger partial charge in [0, 0.05) is 12.1 Å². The second kappa shape index (κ2) is 10.8. The molecule has 0 heterocycles. The van der Waals surface area contributed by atoms with Gasteiger partial charge in [-0.2, -0.15) is 11.8 Å². The fourth-order valence-corrected chi connectivity index (χ4v) is 3.58. The molecule has 0 saturated carbocycles. The van der Waals surface area contributed by atoms with E-state index in [4.69, 9.17) is 0 Å². The van der Waals surface area contributed by atoms with Crippen LogP contribution in [0.4, 0.5) is 5.69 Å². The largest absolute Gasteiger partial charge is 0.349 e. The summed E-state index contributed by atoms with van der Waals surface area (Å²) in [5.74, 6) is 1.25. The van der Waals surface area contributed by atoms with Gasteiger partial charge >= 0.3 is 0 Å². The highest BCUT2D eigenvalue weighted by atomic mass is 32.2. The lowest BCUT2D eigenvalue weighted by molar-refractivity contribution is -0.119. The van der Waals surface area contributed by atoms with Crippen LogP contribution in [0.2, 0.25) is 0 Å². The first-order valence-corrected chi connectivity index (χ1v) is 10.4. The van der Waals surface area contributed by atoms with Crippen LogP contribution in [0, 0.1) is 13.8 Å². The summed E-state index contributed by atoms with van der Waals surface area (Å²) in [6.45, 7) is 5.97. The Bertz CT molecular complexity index is 742. The van der Waals surface area contributed by atoms with Crippen molar-refractivity contribution in [1.82, 2.24) is 5.32 Å². The summed E-state index contributed by atoms with van der Waals surface area (Å²) in [5.41, 5.74) is 4.15. The Kier molecular flexibility index (Phi) is 8.40. The highest BCUT2D eigenvalue weighted by Crippen LogP contribution is 2.20. The maximum absolute atomic E-state index is 12.1. The zero-order valence-electron chi connectivity index (χ0n) is 16.2. The van der Waals surface area contributed by atoms with Gasteiger partial charge in [-0.3, -0.25) is 9.59 Å². The monoisotopic (exact) mass is 384 g/mol. The van der Waals surface area contributed by atoms with Gasteiger partial charge in [0.25, 0.3) is 0 Å². The number of amides is 2. The summed E-state index contributed by atoms with van der Waals surface area (Å²) >= 11 is 1.56. The first-order chi connectivity index (χ1) is 13.0. The van der Waals surface area contributed by atoms with E-state index in [9.17, 15) is 9.59 Å². The van der Waals surface area contributed by atoms with Crippen LogP contribution in [0.1, 0.15) is 42.5 Å². The molecule has 1 atom stereocenters. The average Bonchev–Trinajstić information content (AvgIpc) is 2.65. The molecule has 2 amide bonds. The number of rotatable bonds is 9. The predicted octanol–water partition coefficient (Wildman–Crippen LogP) is 4.63. The maximum atomic E-state index is 12.1. The number of hydrogen-bond donors (Lipinski definition) is 2. The van der Waals surface area contributed by atoms with Crippen LogP contribution >= 0.6 is 11.8 Å². The summed E-state index contributed by atoms with van der Waals surface area (Å²) in [4.78, 5) is 24.1. The minimum absolute atomic E-state index is 0.00225. The average molecular weight is 385 g/mol. The van der Waals surface area contributed by atoms with Crippen LogP contribution in [0.25, 0.3) is 0 Å². The minimum atomic E-state index is 0.00225. The van der Waals surface area contributed by atoms with Gasteiger partial charge in [-0.1, -0.05) is 48.5 Å². The lowest BCUT2D eigenvalue weighted by Crippen LogP contribution is -2.28. The van der Waals surface area contributed by atoms with Crippen molar-refractivity contribution in [3.63, 3.8) is 0 Å². The number of benzene rings is 2. The van der Waals surface area contributed by atoms with Crippen molar-refractivity contribution in [3.8, 4) is 0 Å². The van der Waals surface area contributed by atoms with Gasteiger partial charge in [0.15, 0.2) is 0 Å². The molecule has 144 valence electrons. The van der Waals surface area contributed by atoms with E-state index in [1.165, 1.54) is 0 Å². The van der Waals surface area contributed by atoms with Gasteiger partial charge in [-0.25, -0.2) is 0 Å². The first-order valence-electron chi connectivity index (χ1n) is 9.25. The lowest BCUT2D eigenvalue weighted by atomic mass is 10.1. The van der Waals surface area contributed by atoms with Crippen LogP contribution in [-0.2, 0) is 9.59 Å². The Morgan fingerprint density at radius 2 is 1.63 bits per heavy atom. The third kappa shape index (κ3) is 7.10. The number of carbonyl (C=O) groups is 2. The second-order valence-corrected chi connectivity index (χ2v) is 7.78. The highest BCUT2D eigenvalue weighted by Gasteiger charge is 2.10. The van der Waals surface area contributed by atoms with E-state index >= 15 is 0 Å². The van der Waals surface area contributed by atoms with E-state index in [-0.39, 0.29) is 17.9 Å². The summed E-state index contributed by atoms with van der Waals surface area (Å²) in [5, 5.41) is 6.00. The molecule has 2 aromatic carbocycles. The molecule has 0 aliphatic heterocycles. The van der Waals surface area contributed by atoms with Crippen LogP contribution in [0.15, 0.2) is 48.5 Å². The fraction of sp³-hybridized carbons (Fsp3) is 0.364. The summed E-state index contributed by atoms with van der Waals surface area (Å²) < 4.78 is 0. The molecule has 0 saturated heterocycles. The van der Waals surface area contributed by atoms with Gasteiger partial charge in [0.05, 0.1) is 11.8 Å². The summed E-state index contributed by atoms with van der Waals surface area (Å²) in [6.07, 6.45) is 1.21. The normalized spacial score (nSPS) is 11.7. The highest BCUT2D eigenvalue weighted by molar-refractivity contribution is 7.99. The molecule has 0 fully saturated rings. The zero-order valence-corrected chi connectivity index (χ0v) is 17.1. The SMILES string of the molecule is Cc1cccc(C)c1NC(=O)CCCSCC(=O)NC(C)c1ccccc1. The minimum Gasteiger partial charge on any atom is -0.349 e. The van der Waals surface area contributed by atoms with Crippen molar-refractivity contribution in [3.05, 3.63) is 65.2 Å². The third-order valence-corrected chi connectivity index (χ3v) is 5.39. The number of carbonyl (C=O) groups excluding carboxylic acids is 2. The van der Waals surface area contributed by atoms with Gasteiger partial charge in [0.2, 0.25) is 11.8 Å². The van der Waals surface area contributed by atoms with E-state index < -0.39 is 0 Å². The quantitative estimate of drug-likeness (QED) is 0.620. The van der Waals surface area contributed by atoms with Crippen molar-refractivity contribution in [1.29, 1.82) is 0 Å². The van der Waals surface area contributed by atoms with Crippen LogP contribution in [0.5, 0.6) is 0 Å². The molecular weight excluding hydrogens is 356 g/mol. The Morgan fingerprint density at radius 1 is 0.963 bits per heavy atom. The molecule has 0 aliphatic rings. The number of thioether (sulfide) groups is 1. The summed E-state index contributed by atoms with van der Waals surface area (Å²) in [7, 11) is 0. The molecule has 2 aromatic rings. The number of hydrogen-bond acceptors (Lipinski definition) is 3. The summed E-state index contributed by atoms with van der Waals surface area (Å²) in [6, 6.07) is 15.9. The maximum Gasteiger partial charge on any atom is 0.230 e. The van der Waals surface area contributed by atoms with Crippen molar-refractivity contribution >= 4 is 29.3 Å². The Morgan fingerprint density at radius 3 is 2.30 bits per heavy atom. The number of aryl methyl sites for hydroxylation is 2. The Labute approximate surface area is 166 Å². The molecule has 0 aromatic heterocycles. The van der Waals surface area contributed by atoms with E-state index in [0.29, 0.717) is 12.2 Å². The Hall–Kier alpha value is -2.27. The number of para-hydroxylation sites is 1. The van der Waals surface area contributed by atoms with Crippen molar-refractivity contribution in [2.24, 2.45) is 0 Å². The van der Waals surface area contributed by atoms with Gasteiger partial charge < -0.3 is 10.6 Å². The zero-order chi connectivity index (χ0) is 19.6. The molecule has 0 spiro atoms. The molecule has 4 nitrogen and oxygen atoms in total. The molecule has 0 bridgehead atoms. The molecule has 0 aliphatic carbocycles. The van der Waals surface area contributed by atoms with E-state index in [2.05, 4.69) is 10.6 Å². The van der Waals surface area contributed by atoms with Crippen molar-refractivity contribution in [2.75, 3.05) is 16.8 Å². The van der Waals surface area contributed by atoms with E-state index in [1.54, 1.807) is 11.8 Å². The standard InChI is InChI=1S/C22H28N2O2S/c1-16-9-7-10-17(2)22(16)24-20(25)13-8-14-27-15-21(26)23-18(3)19-11-5-4-6-12-19/h4-7,9-12,18H,8,13-15H2,1-3H3,(H,23,26)(H,24,25). The molecule has 1 unspecified atom stereocenters. The van der Waals surface area contributed by atoms with Gasteiger partial charge in [-0.05, 0) is 49.6 Å². The molecule has 2 N–H and O–H groups in total. The number of anilines is 1. The predicted molar refractivity (Wildman–Crippen MR) is 114 cm³/mol. The van der Waals surface area contributed by atoms with Crippen LogP contribution in [-0.4, -0.2) is 23.3 Å². The second-order valence-electron chi connectivity index (χ2n) is 6.67. The topological polar surface area (TPSA) is 58.2 Å². The molecule has 27 heavy (non-hydrogen) atoms. The molecule has 5 heteroatoms. The molecule has 0 radical (unpaired) electrons. The van der Waals surface area contributed by atoms with Crippen molar-refractivity contribution < 1.29 is 9.59 Å². The fourth-order valence-electron chi connectivity index (χ4n) is 2.82. The first kappa shape index (κ1) is 21.0. The Balaban J connectivity index is 1.62. The molecule has 2 rings (SSSR count). The van der Waals surface area contributed by atoms with Crippen LogP contribution < -0.4 is 10.6 Å². The van der Waals surface area contributed by atoms with Gasteiger partial charge in [0.1, 0.15) is 0 Å². The number of nitrogens with one attached hydrogen (secondary N) is 2. The van der Waals surface area contributed by atoms with E-state index in [1.807, 2.05) is 69.3 Å². The smallest absolute Gasteiger partial charge is 0.230 e. The lowest BCUT2D eigenvalue weighted by Gasteiger charge is -2.14. The molecular formula is C22H28N2O2S. The van der Waals surface area contributed by atoms with Crippen molar-refractivity contribution in [2.45, 2.75) is 39.7 Å². The van der Waals surface area contributed by atoms with Crippen LogP contribution in [0.3, 0.4) is 0 Å². The van der Waals surface area contributed by atoms with E-state index in [0.717, 1.165) is 34.6 Å².